The van der Waals surface area contributed by atoms with Crippen molar-refractivity contribution >= 4 is 34.5 Å². The molecule has 0 saturated heterocycles. The van der Waals surface area contributed by atoms with Gasteiger partial charge < -0.3 is 15.5 Å². The summed E-state index contributed by atoms with van der Waals surface area (Å²) in [6, 6.07) is 19.2. The Hall–Kier alpha value is -3.91. The van der Waals surface area contributed by atoms with Crippen LogP contribution in [0.1, 0.15) is 59.2 Å². The number of aromatic carboxylic acids is 1. The third-order valence-corrected chi connectivity index (χ3v) is 6.62. The fourth-order valence-corrected chi connectivity index (χ4v) is 4.52. The zero-order chi connectivity index (χ0) is 26.8. The van der Waals surface area contributed by atoms with Crippen molar-refractivity contribution < 1.29 is 19.8 Å². The molecule has 1 amide bonds. The first kappa shape index (κ1) is 27.7. The number of aromatic nitrogens is 2. The summed E-state index contributed by atoms with van der Waals surface area (Å²) in [5.41, 5.74) is 2.47. The van der Waals surface area contributed by atoms with Crippen LogP contribution < -0.4 is 5.32 Å². The minimum atomic E-state index is -1.11. The Labute approximate surface area is 221 Å². The fourth-order valence-electron chi connectivity index (χ4n) is 3.72. The minimum Gasteiger partial charge on any atom is -0.508 e. The maximum Gasteiger partial charge on any atom is 0.336 e. The number of thioether (sulfide) groups is 1. The summed E-state index contributed by atoms with van der Waals surface area (Å²) in [5.74, 6) is -0.721. The summed E-state index contributed by atoms with van der Waals surface area (Å²) < 4.78 is 0. The van der Waals surface area contributed by atoms with Crippen molar-refractivity contribution in [2.75, 3.05) is 0 Å². The molecule has 7 nitrogen and oxygen atoms in total. The van der Waals surface area contributed by atoms with Gasteiger partial charge in [-0.25, -0.2) is 14.8 Å². The molecule has 0 unspecified atom stereocenters. The van der Waals surface area contributed by atoms with E-state index in [1.165, 1.54) is 6.07 Å². The van der Waals surface area contributed by atoms with Gasteiger partial charge in [0.1, 0.15) is 11.4 Å². The quantitative estimate of drug-likeness (QED) is 0.230. The number of amides is 1. The molecule has 4 rings (SSSR count). The van der Waals surface area contributed by atoms with Gasteiger partial charge in [0.25, 0.3) is 5.91 Å². The normalized spacial score (nSPS) is 11.3. The van der Waals surface area contributed by atoms with Crippen LogP contribution in [0.15, 0.2) is 78.0 Å². The smallest absolute Gasteiger partial charge is 0.336 e. The van der Waals surface area contributed by atoms with Crippen LogP contribution in [-0.2, 0) is 12.2 Å². The Morgan fingerprint density at radius 1 is 1.00 bits per heavy atom. The molecular weight excluding hydrogens is 486 g/mol. The SMILES string of the molecule is CC.CC[C@H](Cc1ccc(O)cc1)NC(=O)c1cc(C(=O)O)c2cc(CSc3ccccn3)ccc2n1. The van der Waals surface area contributed by atoms with Gasteiger partial charge in [-0.3, -0.25) is 4.79 Å². The van der Waals surface area contributed by atoms with Gasteiger partial charge in [0.15, 0.2) is 0 Å². The number of fused-ring (bicyclic) bond motifs is 1. The average molecular weight is 518 g/mol. The highest BCUT2D eigenvalue weighted by Gasteiger charge is 2.19. The molecule has 0 aliphatic rings. The summed E-state index contributed by atoms with van der Waals surface area (Å²) in [4.78, 5) is 33.8. The highest BCUT2D eigenvalue weighted by molar-refractivity contribution is 7.98. The molecule has 37 heavy (non-hydrogen) atoms. The molecule has 0 spiro atoms. The van der Waals surface area contributed by atoms with Crippen molar-refractivity contribution in [1.29, 1.82) is 0 Å². The summed E-state index contributed by atoms with van der Waals surface area (Å²) in [6.07, 6.45) is 3.00. The average Bonchev–Trinajstić information content (AvgIpc) is 2.93. The zero-order valence-electron chi connectivity index (χ0n) is 21.1. The number of phenolic OH excluding ortho intramolecular Hbond substituents is 1. The molecule has 0 aliphatic carbocycles. The standard InChI is InChI=1S/C27H25N3O4S.C2H6/c1-2-19(13-17-6-9-20(31)10-7-17)29-26(32)24-15-22(27(33)34)21-14-18(8-11-23(21)30-24)16-35-25-5-3-4-12-28-25;1-2/h3-12,14-15,19,31H,2,13,16H2,1H3,(H,29,32)(H,33,34);1-2H3/t19-;/m1./s1. The first-order chi connectivity index (χ1) is 17.9. The van der Waals surface area contributed by atoms with Crippen molar-refractivity contribution in [3.8, 4) is 5.75 Å². The van der Waals surface area contributed by atoms with Gasteiger partial charge >= 0.3 is 5.97 Å². The number of pyridine rings is 2. The number of carbonyl (C=O) groups is 2. The molecule has 3 N–H and O–H groups in total. The summed E-state index contributed by atoms with van der Waals surface area (Å²) in [7, 11) is 0. The van der Waals surface area contributed by atoms with Gasteiger partial charge in [-0.15, -0.1) is 11.8 Å². The second kappa shape index (κ2) is 13.4. The fraction of sp³-hybridized carbons (Fsp3) is 0.241. The number of benzene rings is 2. The Kier molecular flexibility index (Phi) is 10.0. The molecule has 4 aromatic rings. The van der Waals surface area contributed by atoms with E-state index in [9.17, 15) is 19.8 Å². The molecule has 0 radical (unpaired) electrons. The number of phenols is 1. The number of hydrogen-bond acceptors (Lipinski definition) is 6. The van der Waals surface area contributed by atoms with E-state index in [2.05, 4.69) is 15.3 Å². The number of carbonyl (C=O) groups excluding carboxylic acids is 1. The summed E-state index contributed by atoms with van der Waals surface area (Å²) in [5, 5.41) is 23.6. The van der Waals surface area contributed by atoms with Gasteiger partial charge in [0, 0.05) is 23.4 Å². The highest BCUT2D eigenvalue weighted by Crippen LogP contribution is 2.25. The van der Waals surface area contributed by atoms with Crippen molar-refractivity contribution in [3.63, 3.8) is 0 Å². The van der Waals surface area contributed by atoms with Gasteiger partial charge in [-0.2, -0.15) is 0 Å². The second-order valence-electron chi connectivity index (χ2n) is 8.12. The van der Waals surface area contributed by atoms with E-state index in [0.717, 1.165) is 16.2 Å². The molecule has 192 valence electrons. The number of nitrogens with zero attached hydrogens (tertiary/aromatic N) is 2. The topological polar surface area (TPSA) is 112 Å². The predicted octanol–water partition coefficient (Wildman–Crippen LogP) is 6.10. The third kappa shape index (κ3) is 7.54. The Morgan fingerprint density at radius 3 is 2.38 bits per heavy atom. The first-order valence-electron chi connectivity index (χ1n) is 12.2. The molecule has 1 atom stereocenters. The van der Waals surface area contributed by atoms with Crippen LogP contribution in [-0.4, -0.2) is 38.1 Å². The lowest BCUT2D eigenvalue weighted by molar-refractivity contribution is 0.0699. The van der Waals surface area contributed by atoms with Crippen molar-refractivity contribution in [3.05, 3.63) is 95.3 Å². The van der Waals surface area contributed by atoms with Crippen LogP contribution in [0.4, 0.5) is 0 Å². The summed E-state index contributed by atoms with van der Waals surface area (Å²) >= 11 is 1.56. The second-order valence-corrected chi connectivity index (χ2v) is 9.11. The van der Waals surface area contributed by atoms with E-state index in [1.807, 2.05) is 63.2 Å². The lowest BCUT2D eigenvalue weighted by Gasteiger charge is -2.17. The maximum atomic E-state index is 13.0. The minimum absolute atomic E-state index is 0.0384. The molecule has 2 heterocycles. The van der Waals surface area contributed by atoms with E-state index in [4.69, 9.17) is 0 Å². The van der Waals surface area contributed by atoms with Crippen LogP contribution in [0, 0.1) is 0 Å². The van der Waals surface area contributed by atoms with Gasteiger partial charge in [-0.05, 0) is 66.4 Å². The molecule has 0 saturated carbocycles. The lowest BCUT2D eigenvalue weighted by atomic mass is 10.0. The molecule has 2 aromatic heterocycles. The van der Waals surface area contributed by atoms with Crippen molar-refractivity contribution in [2.24, 2.45) is 0 Å². The Morgan fingerprint density at radius 2 is 1.73 bits per heavy atom. The van der Waals surface area contributed by atoms with Crippen LogP contribution in [0.2, 0.25) is 0 Å². The highest BCUT2D eigenvalue weighted by atomic mass is 32.2. The van der Waals surface area contributed by atoms with Crippen LogP contribution >= 0.6 is 11.8 Å². The number of nitrogens with one attached hydrogen (secondary N) is 1. The van der Waals surface area contributed by atoms with Crippen molar-refractivity contribution in [2.45, 2.75) is 50.4 Å². The molecule has 0 aliphatic heterocycles. The molecule has 8 heteroatoms. The maximum absolute atomic E-state index is 13.0. The van der Waals surface area contributed by atoms with Gasteiger partial charge in [0.2, 0.25) is 0 Å². The van der Waals surface area contributed by atoms with Gasteiger partial charge in [0.05, 0.1) is 16.1 Å². The first-order valence-corrected chi connectivity index (χ1v) is 13.2. The predicted molar refractivity (Wildman–Crippen MR) is 147 cm³/mol. The zero-order valence-corrected chi connectivity index (χ0v) is 22.0. The van der Waals surface area contributed by atoms with E-state index in [0.29, 0.717) is 29.5 Å². The number of carboxylic acid groups (broad SMARTS) is 1. The van der Waals surface area contributed by atoms with E-state index in [-0.39, 0.29) is 23.0 Å². The number of rotatable bonds is 9. The van der Waals surface area contributed by atoms with Crippen LogP contribution in [0.3, 0.4) is 0 Å². The monoisotopic (exact) mass is 517 g/mol. The van der Waals surface area contributed by atoms with Crippen LogP contribution in [0.25, 0.3) is 10.9 Å². The number of carboxylic acids is 1. The number of aromatic hydroxyl groups is 1. The van der Waals surface area contributed by atoms with Crippen LogP contribution in [0.5, 0.6) is 5.75 Å². The molecule has 2 aromatic carbocycles. The van der Waals surface area contributed by atoms with E-state index >= 15 is 0 Å². The van der Waals surface area contributed by atoms with Crippen molar-refractivity contribution in [1.82, 2.24) is 15.3 Å². The molecule has 0 fully saturated rings. The van der Waals surface area contributed by atoms with E-state index < -0.39 is 11.9 Å². The van der Waals surface area contributed by atoms with E-state index in [1.54, 1.807) is 36.2 Å². The Balaban J connectivity index is 0.00000186. The van der Waals surface area contributed by atoms with Gasteiger partial charge in [-0.1, -0.05) is 45.0 Å². The lowest BCUT2D eigenvalue weighted by Crippen LogP contribution is -2.36. The Bertz CT molecular complexity index is 1340. The largest absolute Gasteiger partial charge is 0.508 e. The molecule has 0 bridgehead atoms. The number of hydrogen-bond donors (Lipinski definition) is 3. The third-order valence-electron chi connectivity index (χ3n) is 5.61. The summed E-state index contributed by atoms with van der Waals surface area (Å²) in [6.45, 7) is 5.96. The molecular formula is C29H31N3O4S.